The summed E-state index contributed by atoms with van der Waals surface area (Å²) < 4.78 is 30.6. The molecular formula is C18H17F2NO3S. The van der Waals surface area contributed by atoms with Crippen LogP contribution in [0.4, 0.5) is 8.78 Å². The molecule has 0 radical (unpaired) electrons. The molecule has 1 amide bonds. The highest BCUT2D eigenvalue weighted by molar-refractivity contribution is 7.99. The molecule has 0 saturated carbocycles. The zero-order chi connectivity index (χ0) is 18.2. The predicted molar refractivity (Wildman–Crippen MR) is 91.6 cm³/mol. The number of thioether (sulfide) groups is 1. The normalized spacial score (nSPS) is 10.4. The Morgan fingerprint density at radius 3 is 2.48 bits per heavy atom. The highest BCUT2D eigenvalue weighted by Crippen LogP contribution is 2.17. The van der Waals surface area contributed by atoms with Crippen molar-refractivity contribution in [2.75, 3.05) is 18.9 Å². The van der Waals surface area contributed by atoms with E-state index in [1.54, 1.807) is 11.8 Å². The van der Waals surface area contributed by atoms with E-state index in [-0.39, 0.29) is 5.56 Å². The lowest BCUT2D eigenvalue weighted by molar-refractivity contribution is -0.124. The Bertz CT molecular complexity index is 750. The van der Waals surface area contributed by atoms with Crippen molar-refractivity contribution in [2.45, 2.75) is 11.8 Å². The summed E-state index contributed by atoms with van der Waals surface area (Å²) in [6, 6.07) is 10.7. The zero-order valence-electron chi connectivity index (χ0n) is 13.6. The van der Waals surface area contributed by atoms with Crippen molar-refractivity contribution in [3.63, 3.8) is 0 Å². The third-order valence-electron chi connectivity index (χ3n) is 3.20. The van der Waals surface area contributed by atoms with Crippen LogP contribution in [0.5, 0.6) is 0 Å². The molecule has 0 aliphatic rings. The van der Waals surface area contributed by atoms with E-state index in [0.29, 0.717) is 12.3 Å². The summed E-state index contributed by atoms with van der Waals surface area (Å²) in [5, 5.41) is 2.62. The number of benzene rings is 2. The van der Waals surface area contributed by atoms with E-state index >= 15 is 0 Å². The van der Waals surface area contributed by atoms with Crippen LogP contribution in [0, 0.1) is 18.6 Å². The molecule has 1 N–H and O–H groups in total. The van der Waals surface area contributed by atoms with Gasteiger partial charge in [-0.2, -0.15) is 0 Å². The number of amides is 1. The Balaban J connectivity index is 1.67. The van der Waals surface area contributed by atoms with Crippen molar-refractivity contribution >= 4 is 23.6 Å². The molecule has 0 spiro atoms. The second-order valence-electron chi connectivity index (χ2n) is 5.22. The monoisotopic (exact) mass is 365 g/mol. The Morgan fingerprint density at radius 2 is 1.80 bits per heavy atom. The van der Waals surface area contributed by atoms with Gasteiger partial charge in [0.15, 0.2) is 18.2 Å². The summed E-state index contributed by atoms with van der Waals surface area (Å²) in [6.07, 6.45) is 0. The summed E-state index contributed by atoms with van der Waals surface area (Å²) >= 11 is 1.60. The number of ether oxygens (including phenoxy) is 1. The number of rotatable bonds is 7. The molecule has 0 aromatic heterocycles. The maximum Gasteiger partial charge on any atom is 0.338 e. The van der Waals surface area contributed by atoms with Crippen molar-refractivity contribution < 1.29 is 23.1 Å². The minimum Gasteiger partial charge on any atom is -0.452 e. The summed E-state index contributed by atoms with van der Waals surface area (Å²) in [5.74, 6) is -2.87. The molecule has 2 rings (SSSR count). The fourth-order valence-electron chi connectivity index (χ4n) is 1.88. The topological polar surface area (TPSA) is 55.4 Å². The van der Waals surface area contributed by atoms with E-state index in [9.17, 15) is 18.4 Å². The molecule has 7 heteroatoms. The molecule has 2 aromatic rings. The van der Waals surface area contributed by atoms with E-state index in [2.05, 4.69) is 5.32 Å². The molecule has 0 aliphatic carbocycles. The third kappa shape index (κ3) is 6.19. The average Bonchev–Trinajstić information content (AvgIpc) is 2.60. The molecule has 0 aliphatic heterocycles. The number of carbonyl (C=O) groups excluding carboxylic acids is 2. The van der Waals surface area contributed by atoms with E-state index in [1.165, 1.54) is 5.56 Å². The molecule has 0 saturated heterocycles. The van der Waals surface area contributed by atoms with Crippen LogP contribution in [-0.2, 0) is 9.53 Å². The minimum absolute atomic E-state index is 0.151. The second kappa shape index (κ2) is 9.17. The van der Waals surface area contributed by atoms with Crippen molar-refractivity contribution in [1.82, 2.24) is 5.32 Å². The number of carbonyl (C=O) groups is 2. The fourth-order valence-corrected chi connectivity index (χ4v) is 2.65. The first kappa shape index (κ1) is 18.9. The van der Waals surface area contributed by atoms with Crippen molar-refractivity contribution in [2.24, 2.45) is 0 Å². The van der Waals surface area contributed by atoms with Gasteiger partial charge < -0.3 is 10.1 Å². The first-order valence-corrected chi connectivity index (χ1v) is 8.52. The largest absolute Gasteiger partial charge is 0.452 e. The van der Waals surface area contributed by atoms with Gasteiger partial charge in [0, 0.05) is 17.2 Å². The molecule has 0 atom stereocenters. The van der Waals surface area contributed by atoms with Gasteiger partial charge in [0.1, 0.15) is 0 Å². The number of halogens is 2. The number of hydrogen-bond acceptors (Lipinski definition) is 4. The third-order valence-corrected chi connectivity index (χ3v) is 4.22. The lowest BCUT2D eigenvalue weighted by Gasteiger charge is -2.07. The zero-order valence-corrected chi connectivity index (χ0v) is 14.4. The van der Waals surface area contributed by atoms with Crippen LogP contribution in [0.25, 0.3) is 0 Å². The van der Waals surface area contributed by atoms with Gasteiger partial charge in [-0.3, -0.25) is 4.79 Å². The summed E-state index contributed by atoms with van der Waals surface area (Å²) in [6.45, 7) is 1.95. The lowest BCUT2D eigenvalue weighted by Crippen LogP contribution is -2.30. The first-order chi connectivity index (χ1) is 12.0. The van der Waals surface area contributed by atoms with Crippen LogP contribution in [0.15, 0.2) is 47.4 Å². The van der Waals surface area contributed by atoms with Crippen LogP contribution in [0.3, 0.4) is 0 Å². The Labute approximate surface area is 148 Å². The maximum atomic E-state index is 13.0. The minimum atomic E-state index is -1.15. The van der Waals surface area contributed by atoms with E-state index in [1.807, 2.05) is 31.2 Å². The summed E-state index contributed by atoms with van der Waals surface area (Å²) in [7, 11) is 0. The first-order valence-electron chi connectivity index (χ1n) is 7.54. The second-order valence-corrected chi connectivity index (χ2v) is 6.38. The molecule has 4 nitrogen and oxygen atoms in total. The molecular weight excluding hydrogens is 348 g/mol. The van der Waals surface area contributed by atoms with Crippen molar-refractivity contribution in [1.29, 1.82) is 0 Å². The van der Waals surface area contributed by atoms with Crippen molar-refractivity contribution in [3.8, 4) is 0 Å². The van der Waals surface area contributed by atoms with Gasteiger partial charge >= 0.3 is 5.97 Å². The lowest BCUT2D eigenvalue weighted by atomic mass is 10.2. The SMILES string of the molecule is Cc1ccc(SCCNC(=O)COC(=O)c2ccc(F)c(F)c2)cc1. The molecule has 0 bridgehead atoms. The van der Waals surface area contributed by atoms with Gasteiger partial charge in [-0.05, 0) is 37.3 Å². The molecule has 0 heterocycles. The maximum absolute atomic E-state index is 13.0. The quantitative estimate of drug-likeness (QED) is 0.465. The van der Waals surface area contributed by atoms with Gasteiger partial charge in [0.2, 0.25) is 0 Å². The molecule has 0 unspecified atom stereocenters. The average molecular weight is 365 g/mol. The molecule has 0 fully saturated rings. The van der Waals surface area contributed by atoms with E-state index in [0.717, 1.165) is 23.1 Å². The Morgan fingerprint density at radius 1 is 1.08 bits per heavy atom. The standard InChI is InChI=1S/C18H17F2NO3S/c1-12-2-5-14(6-3-12)25-9-8-21-17(22)11-24-18(23)13-4-7-15(19)16(20)10-13/h2-7,10H,8-9,11H2,1H3,(H,21,22). The van der Waals surface area contributed by atoms with Gasteiger partial charge in [0.05, 0.1) is 5.56 Å². The summed E-state index contributed by atoms with van der Waals surface area (Å²) in [4.78, 5) is 24.4. The van der Waals surface area contributed by atoms with Crippen LogP contribution in [0.1, 0.15) is 15.9 Å². The van der Waals surface area contributed by atoms with Crippen LogP contribution < -0.4 is 5.32 Å². The number of aryl methyl sites for hydroxylation is 1. The Kier molecular flexibility index (Phi) is 6.94. The van der Waals surface area contributed by atoms with Crippen LogP contribution in [0.2, 0.25) is 0 Å². The van der Waals surface area contributed by atoms with Crippen molar-refractivity contribution in [3.05, 3.63) is 65.2 Å². The van der Waals surface area contributed by atoms with E-state index in [4.69, 9.17) is 4.74 Å². The van der Waals surface area contributed by atoms with Crippen LogP contribution in [-0.4, -0.2) is 30.8 Å². The predicted octanol–water partition coefficient (Wildman–Crippen LogP) is 3.34. The summed E-state index contributed by atoms with van der Waals surface area (Å²) in [5.41, 5.74) is 1.03. The molecule has 2 aromatic carbocycles. The van der Waals surface area contributed by atoms with Gasteiger partial charge in [-0.1, -0.05) is 17.7 Å². The van der Waals surface area contributed by atoms with Gasteiger partial charge in [-0.15, -0.1) is 11.8 Å². The van der Waals surface area contributed by atoms with Gasteiger partial charge in [-0.25, -0.2) is 13.6 Å². The molecule has 132 valence electrons. The van der Waals surface area contributed by atoms with Crippen LogP contribution >= 0.6 is 11.8 Å². The van der Waals surface area contributed by atoms with Gasteiger partial charge in [0.25, 0.3) is 5.91 Å². The highest BCUT2D eigenvalue weighted by atomic mass is 32.2. The van der Waals surface area contributed by atoms with E-state index < -0.39 is 30.1 Å². The number of esters is 1. The Hall–Kier alpha value is -2.41. The number of hydrogen-bond donors (Lipinski definition) is 1. The highest BCUT2D eigenvalue weighted by Gasteiger charge is 2.12. The number of nitrogens with one attached hydrogen (secondary N) is 1. The smallest absolute Gasteiger partial charge is 0.338 e. The fraction of sp³-hybridized carbons (Fsp3) is 0.222. The molecule has 25 heavy (non-hydrogen) atoms.